The molecule has 0 saturated carbocycles. The summed E-state index contributed by atoms with van der Waals surface area (Å²) >= 11 is 0. The first-order valence-corrected chi connectivity index (χ1v) is 3.68. The summed E-state index contributed by atoms with van der Waals surface area (Å²) in [6.45, 7) is 1.37. The van der Waals surface area contributed by atoms with E-state index in [-0.39, 0.29) is 50.0 Å². The fraction of sp³-hybridized carbons (Fsp3) is 0.222. The smallest absolute Gasteiger partial charge is 0.344 e. The molecule has 0 aliphatic heterocycles. The maximum atomic E-state index is 10.5. The molecule has 69 valence electrons. The summed E-state index contributed by atoms with van der Waals surface area (Å²) in [5.41, 5.74) is 0.214. The Morgan fingerprint density at radius 2 is 2.50 bits per heavy atom. The molecular formula is C9H8BO3Y-. The van der Waals surface area contributed by atoms with E-state index in [1.807, 2.05) is 0 Å². The van der Waals surface area contributed by atoms with Crippen LogP contribution in [0.4, 0.5) is 0 Å². The molecule has 0 aliphatic carbocycles. The number of carbonyl (C=O) groups is 1. The first-order chi connectivity index (χ1) is 6.52. The Balaban J connectivity index is 0.00000196. The second-order valence-electron chi connectivity index (χ2n) is 2.48. The van der Waals surface area contributed by atoms with Crippen LogP contribution in [-0.2, 0) is 37.5 Å². The predicted molar refractivity (Wildman–Crippen MR) is 48.4 cm³/mol. The van der Waals surface area contributed by atoms with Crippen molar-refractivity contribution in [3.63, 3.8) is 0 Å². The van der Waals surface area contributed by atoms with Gasteiger partial charge >= 0.3 is 5.97 Å². The van der Waals surface area contributed by atoms with Gasteiger partial charge in [0.15, 0.2) is 6.10 Å². The summed E-state index contributed by atoms with van der Waals surface area (Å²) in [6, 6.07) is 5.45. The van der Waals surface area contributed by atoms with Crippen molar-refractivity contribution < 1.29 is 48.7 Å². The Morgan fingerprint density at radius 3 is 3.00 bits per heavy atom. The molecule has 5 heteroatoms. The van der Waals surface area contributed by atoms with E-state index >= 15 is 0 Å². The molecule has 0 bridgehead atoms. The van der Waals surface area contributed by atoms with Crippen LogP contribution >= 0.6 is 0 Å². The zero-order valence-corrected chi connectivity index (χ0v) is 10.5. The summed E-state index contributed by atoms with van der Waals surface area (Å²) in [4.78, 5) is 10.5. The van der Waals surface area contributed by atoms with Crippen LogP contribution < -0.4 is 10.2 Å². The molecule has 14 heavy (non-hydrogen) atoms. The van der Waals surface area contributed by atoms with Crippen LogP contribution in [0.25, 0.3) is 0 Å². The zero-order chi connectivity index (χ0) is 10.7. The summed E-state index contributed by atoms with van der Waals surface area (Å²) in [5, 5.41) is 8.59. The molecule has 1 aromatic carbocycles. The van der Waals surface area contributed by atoms with Crippen LogP contribution in [0.3, 0.4) is 0 Å². The third-order valence-corrected chi connectivity index (χ3v) is 1.43. The van der Waals surface area contributed by atoms with Crippen molar-refractivity contribution in [1.29, 1.82) is 0 Å². The minimum Gasteiger partial charge on any atom is -0.505 e. The molecule has 1 unspecified atom stereocenters. The van der Waals surface area contributed by atoms with Gasteiger partial charge in [0.05, 0.1) is 0 Å². The molecule has 0 heterocycles. The van der Waals surface area contributed by atoms with E-state index in [0.29, 0.717) is 0 Å². The molecule has 0 saturated heterocycles. The predicted octanol–water partition coefficient (Wildman–Crippen LogP) is 0.130. The van der Waals surface area contributed by atoms with E-state index in [9.17, 15) is 4.79 Å². The number of hydrogen-bond donors (Lipinski definition) is 1. The Kier molecular flexibility index (Phi) is 5.20. The largest absolute Gasteiger partial charge is 0.505 e. The summed E-state index contributed by atoms with van der Waals surface area (Å²) in [5.74, 6) is -1.02. The summed E-state index contributed by atoms with van der Waals surface area (Å²) < 4.78 is 12.4. The molecule has 0 aromatic heterocycles. The number of rotatable bonds is 3. The van der Waals surface area contributed by atoms with E-state index < -0.39 is 12.1 Å². The van der Waals surface area contributed by atoms with Crippen LogP contribution in [0, 0.1) is 6.07 Å². The Hall–Kier alpha value is -0.341. The van der Waals surface area contributed by atoms with Gasteiger partial charge < -0.3 is 9.84 Å². The molecular weight excluding hydrogens is 256 g/mol. The van der Waals surface area contributed by atoms with Crippen LogP contribution in [-0.4, -0.2) is 25.0 Å². The van der Waals surface area contributed by atoms with Gasteiger partial charge in [0, 0.05) is 46.3 Å². The fourth-order valence-corrected chi connectivity index (χ4v) is 0.717. The van der Waals surface area contributed by atoms with E-state index in [1.165, 1.54) is 19.1 Å². The van der Waals surface area contributed by atoms with Crippen LogP contribution in [0.1, 0.15) is 8.29 Å². The van der Waals surface area contributed by atoms with Crippen molar-refractivity contribution in [2.45, 2.75) is 13.0 Å². The Labute approximate surface area is 111 Å². The van der Waals surface area contributed by atoms with Crippen molar-refractivity contribution in [1.82, 2.24) is 0 Å². The number of benzene rings is 1. The van der Waals surface area contributed by atoms with Crippen molar-refractivity contribution in [3.8, 4) is 5.75 Å². The third kappa shape index (κ3) is 3.80. The van der Waals surface area contributed by atoms with Crippen LogP contribution in [0.15, 0.2) is 18.2 Å². The topological polar surface area (TPSA) is 46.5 Å². The minimum absolute atomic E-state index is 0. The SMILES string of the molecule is [2H]c1c[c-]cc([B])c1OC(C)C(=O)O.[Y]. The minimum atomic E-state index is -1.10. The molecule has 0 fully saturated rings. The second kappa shape index (κ2) is 6.20. The molecule has 1 aromatic rings. The average molecular weight is 265 g/mol. The zero-order valence-electron chi connectivity index (χ0n) is 8.65. The normalized spacial score (nSPS) is 12.2. The van der Waals surface area contributed by atoms with Gasteiger partial charge in [0.25, 0.3) is 0 Å². The standard InChI is InChI=1S/C9H8BO3.Y/c1-6(9(11)12)13-8-5-3-2-4-7(8)10;/h3-6H,1H3,(H,11,12);/q-1;/i5D;. The van der Waals surface area contributed by atoms with Gasteiger partial charge in [-0.15, -0.1) is 6.04 Å². The first-order valence-electron chi connectivity index (χ1n) is 4.18. The molecule has 1 rings (SSSR count). The summed E-state index contributed by atoms with van der Waals surface area (Å²) in [6.07, 6.45) is -1.02. The van der Waals surface area contributed by atoms with Gasteiger partial charge in [0.2, 0.25) is 0 Å². The Morgan fingerprint density at radius 1 is 1.86 bits per heavy atom. The van der Waals surface area contributed by atoms with Gasteiger partial charge in [-0.1, -0.05) is 0 Å². The van der Waals surface area contributed by atoms with E-state index in [4.69, 9.17) is 19.1 Å². The number of carboxylic acids is 1. The number of hydrogen-bond acceptors (Lipinski definition) is 2. The van der Waals surface area contributed by atoms with Crippen molar-refractivity contribution in [2.24, 2.45) is 0 Å². The summed E-state index contributed by atoms with van der Waals surface area (Å²) in [7, 11) is 5.50. The maximum Gasteiger partial charge on any atom is 0.344 e. The van der Waals surface area contributed by atoms with Crippen molar-refractivity contribution in [2.75, 3.05) is 0 Å². The third-order valence-electron chi connectivity index (χ3n) is 1.43. The molecule has 1 N–H and O–H groups in total. The number of carboxylic acid groups (broad SMARTS) is 1. The Bertz CT molecular complexity index is 339. The van der Waals surface area contributed by atoms with Gasteiger partial charge in [-0.05, 0) is 8.29 Å². The number of ether oxygens (including phenoxy) is 1. The molecule has 1 atom stereocenters. The molecule has 3 radical (unpaired) electrons. The van der Waals surface area contributed by atoms with Crippen molar-refractivity contribution >= 4 is 19.3 Å². The van der Waals surface area contributed by atoms with Gasteiger partial charge in [-0.2, -0.15) is 23.7 Å². The van der Waals surface area contributed by atoms with Crippen molar-refractivity contribution in [3.05, 3.63) is 24.2 Å². The van der Waals surface area contributed by atoms with Crippen LogP contribution in [0.5, 0.6) is 5.75 Å². The molecule has 0 aliphatic rings. The van der Waals surface area contributed by atoms with E-state index in [0.717, 1.165) is 0 Å². The average Bonchev–Trinajstić information content (AvgIpc) is 2.11. The maximum absolute atomic E-state index is 10.5. The molecule has 3 nitrogen and oxygen atoms in total. The van der Waals surface area contributed by atoms with Gasteiger partial charge in [-0.3, -0.25) is 0 Å². The van der Waals surface area contributed by atoms with E-state index in [2.05, 4.69) is 6.07 Å². The van der Waals surface area contributed by atoms with Gasteiger partial charge in [0.1, 0.15) is 0 Å². The van der Waals surface area contributed by atoms with Crippen LogP contribution in [0.2, 0.25) is 0 Å². The fourth-order valence-electron chi connectivity index (χ4n) is 0.717. The second-order valence-corrected chi connectivity index (χ2v) is 2.48. The molecule has 0 spiro atoms. The quantitative estimate of drug-likeness (QED) is 0.624. The monoisotopic (exact) mass is 265 g/mol. The molecule has 0 amide bonds. The number of aliphatic carboxylic acids is 1. The van der Waals surface area contributed by atoms with E-state index in [1.54, 1.807) is 0 Å². The first kappa shape index (κ1) is 11.7. The van der Waals surface area contributed by atoms with Gasteiger partial charge in [-0.25, -0.2) is 4.79 Å².